The van der Waals surface area contributed by atoms with E-state index in [1.54, 1.807) is 20.8 Å². The van der Waals surface area contributed by atoms with Crippen molar-refractivity contribution in [2.24, 2.45) is 0 Å². The molecule has 0 N–H and O–H groups in total. The van der Waals surface area contributed by atoms with Crippen molar-refractivity contribution in [1.82, 2.24) is 4.31 Å². The molecular weight excluding hydrogens is 234 g/mol. The van der Waals surface area contributed by atoms with Crippen LogP contribution < -0.4 is 0 Å². The Morgan fingerprint density at radius 2 is 2.06 bits per heavy atom. The molecule has 0 saturated carbocycles. The minimum Gasteiger partial charge on any atom is -0.460 e. The molecule has 0 amide bonds. The van der Waals surface area contributed by atoms with Gasteiger partial charge in [-0.1, -0.05) is 0 Å². The zero-order chi connectivity index (χ0) is 12.6. The van der Waals surface area contributed by atoms with Crippen LogP contribution in [0.4, 0.5) is 0 Å². The average molecular weight is 251 g/mol. The summed E-state index contributed by atoms with van der Waals surface area (Å²) in [6.45, 7) is 5.28. The first-order valence-corrected chi connectivity index (χ1v) is 6.32. The zero-order valence-corrected chi connectivity index (χ0v) is 10.7. The van der Waals surface area contributed by atoms with Crippen LogP contribution in [0.3, 0.4) is 0 Å². The highest BCUT2D eigenvalue weighted by molar-refractivity contribution is 7.84. The number of ether oxygens (including phenoxy) is 1. The van der Waals surface area contributed by atoms with Gasteiger partial charge in [0.25, 0.3) is 0 Å². The summed E-state index contributed by atoms with van der Waals surface area (Å²) in [5, 5.41) is 0. The van der Waals surface area contributed by atoms with Gasteiger partial charge in [0, 0.05) is 7.05 Å². The van der Waals surface area contributed by atoms with Gasteiger partial charge in [-0.3, -0.25) is 8.98 Å². The van der Waals surface area contributed by atoms with Crippen LogP contribution in [0.1, 0.15) is 27.2 Å². The van der Waals surface area contributed by atoms with Gasteiger partial charge in [0.05, 0.1) is 19.1 Å². The molecule has 0 bridgehead atoms. The fraction of sp³-hybridized carbons (Fsp3) is 0.889. The lowest BCUT2D eigenvalue weighted by molar-refractivity contribution is -0.155. The molecule has 0 aromatic heterocycles. The summed E-state index contributed by atoms with van der Waals surface area (Å²) in [4.78, 5) is 11.5. The van der Waals surface area contributed by atoms with Crippen molar-refractivity contribution in [2.75, 3.05) is 13.7 Å². The standard InChI is InChI=1S/C9H17NO5S/c1-9(2,3)15-8(11)5-7-6-14-16(12,13)10(7)4/h7H,5-6H2,1-4H3. The van der Waals surface area contributed by atoms with E-state index in [-0.39, 0.29) is 13.0 Å². The van der Waals surface area contributed by atoms with Crippen molar-refractivity contribution in [3.05, 3.63) is 0 Å². The number of hydrogen-bond acceptors (Lipinski definition) is 5. The second-order valence-electron chi connectivity index (χ2n) is 4.70. The molecule has 1 saturated heterocycles. The van der Waals surface area contributed by atoms with Crippen LogP contribution >= 0.6 is 0 Å². The Balaban J connectivity index is 2.54. The third kappa shape index (κ3) is 3.43. The molecule has 94 valence electrons. The molecular formula is C9H17NO5S. The van der Waals surface area contributed by atoms with Gasteiger partial charge in [0.1, 0.15) is 5.60 Å². The van der Waals surface area contributed by atoms with Crippen LogP contribution in [-0.2, 0) is 24.0 Å². The lowest BCUT2D eigenvalue weighted by Gasteiger charge is -2.21. The predicted octanol–water partition coefficient (Wildman–Crippen LogP) is 0.294. The van der Waals surface area contributed by atoms with Gasteiger partial charge in [-0.2, -0.15) is 12.7 Å². The van der Waals surface area contributed by atoms with Crippen molar-refractivity contribution >= 4 is 16.3 Å². The van der Waals surface area contributed by atoms with E-state index in [0.29, 0.717) is 0 Å². The van der Waals surface area contributed by atoms with Crippen LogP contribution in [0.25, 0.3) is 0 Å². The van der Waals surface area contributed by atoms with Gasteiger partial charge in [-0.05, 0) is 20.8 Å². The van der Waals surface area contributed by atoms with Crippen molar-refractivity contribution in [2.45, 2.75) is 38.8 Å². The van der Waals surface area contributed by atoms with Crippen LogP contribution in [0.2, 0.25) is 0 Å². The molecule has 1 fully saturated rings. The normalized spacial score (nSPS) is 25.6. The molecule has 1 aliphatic heterocycles. The molecule has 0 radical (unpaired) electrons. The van der Waals surface area contributed by atoms with E-state index in [0.717, 1.165) is 4.31 Å². The highest BCUT2D eigenvalue weighted by Crippen LogP contribution is 2.20. The zero-order valence-electron chi connectivity index (χ0n) is 9.89. The topological polar surface area (TPSA) is 72.9 Å². The molecule has 1 heterocycles. The molecule has 0 aromatic rings. The molecule has 1 unspecified atom stereocenters. The second kappa shape index (κ2) is 4.31. The van der Waals surface area contributed by atoms with Gasteiger partial charge < -0.3 is 4.74 Å². The molecule has 1 atom stereocenters. The lowest BCUT2D eigenvalue weighted by atomic mass is 10.2. The van der Waals surface area contributed by atoms with Crippen LogP contribution in [-0.4, -0.2) is 44.0 Å². The number of nitrogens with zero attached hydrogens (tertiary/aromatic N) is 1. The number of likely N-dealkylation sites (N-methyl/N-ethyl adjacent to an activating group) is 1. The number of esters is 1. The summed E-state index contributed by atoms with van der Waals surface area (Å²) in [5.41, 5.74) is -0.562. The van der Waals surface area contributed by atoms with E-state index in [4.69, 9.17) is 4.74 Å². The third-order valence-corrected chi connectivity index (χ3v) is 3.54. The van der Waals surface area contributed by atoms with E-state index in [2.05, 4.69) is 4.18 Å². The number of rotatable bonds is 2. The third-order valence-electron chi connectivity index (χ3n) is 2.10. The number of carbonyl (C=O) groups is 1. The largest absolute Gasteiger partial charge is 0.460 e. The Bertz CT molecular complexity index is 370. The van der Waals surface area contributed by atoms with Crippen molar-refractivity contribution < 1.29 is 22.1 Å². The Morgan fingerprint density at radius 1 is 1.50 bits per heavy atom. The van der Waals surface area contributed by atoms with Gasteiger partial charge >= 0.3 is 16.3 Å². The van der Waals surface area contributed by atoms with Gasteiger partial charge in [0.2, 0.25) is 0 Å². The molecule has 7 heteroatoms. The first-order chi connectivity index (χ1) is 7.12. The Labute approximate surface area is 95.8 Å². The van der Waals surface area contributed by atoms with Gasteiger partial charge in [-0.25, -0.2) is 0 Å². The molecule has 0 aliphatic carbocycles. The van der Waals surface area contributed by atoms with E-state index in [9.17, 15) is 13.2 Å². The molecule has 1 aliphatic rings. The van der Waals surface area contributed by atoms with E-state index < -0.39 is 27.9 Å². The minimum absolute atomic E-state index is 0.00191. The quantitative estimate of drug-likeness (QED) is 0.660. The maximum atomic E-state index is 11.5. The summed E-state index contributed by atoms with van der Waals surface area (Å²) in [6.07, 6.45) is 0.00694. The summed E-state index contributed by atoms with van der Waals surface area (Å²) < 4.78 is 33.1. The number of carbonyl (C=O) groups excluding carboxylic acids is 1. The van der Waals surface area contributed by atoms with Crippen molar-refractivity contribution in [1.29, 1.82) is 0 Å². The fourth-order valence-corrected chi connectivity index (χ4v) is 2.29. The van der Waals surface area contributed by atoms with Gasteiger partial charge in [-0.15, -0.1) is 0 Å². The maximum Gasteiger partial charge on any atom is 0.338 e. The van der Waals surface area contributed by atoms with E-state index in [1.165, 1.54) is 7.05 Å². The summed E-state index contributed by atoms with van der Waals surface area (Å²) in [6, 6.07) is -0.472. The molecule has 1 rings (SSSR count). The van der Waals surface area contributed by atoms with E-state index >= 15 is 0 Å². The predicted molar refractivity (Wildman–Crippen MR) is 56.9 cm³/mol. The lowest BCUT2D eigenvalue weighted by Crippen LogP contribution is -2.34. The van der Waals surface area contributed by atoms with Crippen LogP contribution in [0.15, 0.2) is 0 Å². The van der Waals surface area contributed by atoms with Crippen LogP contribution in [0.5, 0.6) is 0 Å². The Morgan fingerprint density at radius 3 is 2.44 bits per heavy atom. The highest BCUT2D eigenvalue weighted by Gasteiger charge is 2.37. The Hall–Kier alpha value is -0.660. The maximum absolute atomic E-state index is 11.5. The average Bonchev–Trinajstić information content (AvgIpc) is 2.28. The second-order valence-corrected chi connectivity index (χ2v) is 6.37. The first-order valence-electron chi connectivity index (χ1n) is 4.96. The first kappa shape index (κ1) is 13.4. The fourth-order valence-electron chi connectivity index (χ4n) is 1.30. The summed E-state index contributed by atoms with van der Waals surface area (Å²) in [7, 11) is -2.25. The highest BCUT2D eigenvalue weighted by atomic mass is 32.2. The van der Waals surface area contributed by atoms with Crippen molar-refractivity contribution in [3.8, 4) is 0 Å². The molecule has 0 aromatic carbocycles. The summed E-state index contributed by atoms with van der Waals surface area (Å²) in [5.74, 6) is -0.426. The minimum atomic E-state index is -3.64. The monoisotopic (exact) mass is 251 g/mol. The Kier molecular flexibility index (Phi) is 3.61. The van der Waals surface area contributed by atoms with Crippen LogP contribution in [0, 0.1) is 0 Å². The number of hydrogen-bond donors (Lipinski definition) is 0. The summed E-state index contributed by atoms with van der Waals surface area (Å²) >= 11 is 0. The van der Waals surface area contributed by atoms with E-state index in [1.807, 2.05) is 0 Å². The molecule has 0 spiro atoms. The molecule has 6 nitrogen and oxygen atoms in total. The SMILES string of the molecule is CN1C(CC(=O)OC(C)(C)C)COS1(=O)=O. The van der Waals surface area contributed by atoms with Crippen molar-refractivity contribution in [3.63, 3.8) is 0 Å². The smallest absolute Gasteiger partial charge is 0.338 e. The molecule has 16 heavy (non-hydrogen) atoms. The van der Waals surface area contributed by atoms with Gasteiger partial charge in [0.15, 0.2) is 0 Å².